The van der Waals surface area contributed by atoms with Gasteiger partial charge < -0.3 is 11.1 Å². The van der Waals surface area contributed by atoms with Crippen LogP contribution < -0.4 is 11.1 Å². The molecule has 16 heavy (non-hydrogen) atoms. The van der Waals surface area contributed by atoms with Gasteiger partial charge in [-0.25, -0.2) is 4.39 Å². The van der Waals surface area contributed by atoms with Crippen LogP contribution in [0.5, 0.6) is 0 Å². The van der Waals surface area contributed by atoms with E-state index in [1.165, 1.54) is 18.2 Å². The Morgan fingerprint density at radius 2 is 2.25 bits per heavy atom. The molecule has 4 heteroatoms. The van der Waals surface area contributed by atoms with E-state index < -0.39 is 5.82 Å². The smallest absolute Gasteiger partial charge is 0.227 e. The number of nitrogen functional groups attached to an aromatic ring is 1. The first-order chi connectivity index (χ1) is 7.54. The summed E-state index contributed by atoms with van der Waals surface area (Å²) in [7, 11) is 0. The van der Waals surface area contributed by atoms with E-state index in [0.717, 1.165) is 12.8 Å². The van der Waals surface area contributed by atoms with Crippen LogP contribution in [0.4, 0.5) is 15.8 Å². The molecule has 0 unspecified atom stereocenters. The molecule has 0 heterocycles. The third-order valence-corrected chi connectivity index (χ3v) is 2.43. The molecule has 1 atom stereocenters. The van der Waals surface area contributed by atoms with Gasteiger partial charge in [-0.15, -0.1) is 0 Å². The van der Waals surface area contributed by atoms with E-state index in [0.29, 0.717) is 5.69 Å². The lowest BCUT2D eigenvalue weighted by Crippen LogP contribution is -2.20. The Bertz CT molecular complexity index is 379. The highest BCUT2D eigenvalue weighted by Gasteiger charge is 2.12. The topological polar surface area (TPSA) is 55.1 Å². The number of benzene rings is 1. The van der Waals surface area contributed by atoms with Crippen LogP contribution in [0, 0.1) is 11.7 Å². The van der Waals surface area contributed by atoms with Gasteiger partial charge in [-0.3, -0.25) is 4.79 Å². The molecular weight excluding hydrogens is 207 g/mol. The van der Waals surface area contributed by atoms with Crippen LogP contribution in [0.15, 0.2) is 18.2 Å². The second-order valence-electron chi connectivity index (χ2n) is 3.92. The van der Waals surface area contributed by atoms with Gasteiger partial charge >= 0.3 is 0 Å². The van der Waals surface area contributed by atoms with E-state index in [4.69, 9.17) is 5.73 Å². The molecule has 0 aliphatic rings. The molecule has 0 radical (unpaired) electrons. The van der Waals surface area contributed by atoms with Crippen molar-refractivity contribution in [1.82, 2.24) is 0 Å². The number of amides is 1. The summed E-state index contributed by atoms with van der Waals surface area (Å²) in [5, 5.41) is 2.71. The Kier molecular flexibility index (Phi) is 4.28. The van der Waals surface area contributed by atoms with Crippen molar-refractivity contribution >= 4 is 17.3 Å². The van der Waals surface area contributed by atoms with Crippen molar-refractivity contribution in [2.24, 2.45) is 5.92 Å². The Labute approximate surface area is 94.8 Å². The molecular formula is C12H17FN2O. The summed E-state index contributed by atoms with van der Waals surface area (Å²) >= 11 is 0. The van der Waals surface area contributed by atoms with Gasteiger partial charge in [0.05, 0.1) is 5.69 Å². The summed E-state index contributed by atoms with van der Waals surface area (Å²) < 4.78 is 12.9. The largest absolute Gasteiger partial charge is 0.396 e. The van der Waals surface area contributed by atoms with E-state index in [1.807, 2.05) is 13.8 Å². The zero-order valence-corrected chi connectivity index (χ0v) is 9.59. The predicted octanol–water partition coefficient (Wildman–Crippen LogP) is 2.78. The van der Waals surface area contributed by atoms with E-state index in [1.54, 1.807) is 0 Å². The quantitative estimate of drug-likeness (QED) is 0.773. The first-order valence-corrected chi connectivity index (χ1v) is 5.40. The Morgan fingerprint density at radius 1 is 1.56 bits per heavy atom. The lowest BCUT2D eigenvalue weighted by atomic mass is 10.1. The number of carbonyl (C=O) groups excluding carboxylic acids is 1. The standard InChI is InChI=1S/C12H17FN2O/c1-3-4-8(2)12(16)15-9-5-6-10(13)11(14)7-9/h5-8H,3-4,14H2,1-2H3,(H,15,16)/t8-/m1/s1. The number of nitrogens with two attached hydrogens (primary N) is 1. The second-order valence-corrected chi connectivity index (χ2v) is 3.92. The number of carbonyl (C=O) groups is 1. The maximum absolute atomic E-state index is 12.9. The minimum absolute atomic E-state index is 0.0425. The zero-order valence-electron chi connectivity index (χ0n) is 9.59. The van der Waals surface area contributed by atoms with Crippen molar-refractivity contribution in [3.05, 3.63) is 24.0 Å². The van der Waals surface area contributed by atoms with Crippen LogP contribution in [0.3, 0.4) is 0 Å². The van der Waals surface area contributed by atoms with Crippen LogP contribution in [0.25, 0.3) is 0 Å². The van der Waals surface area contributed by atoms with Crippen LogP contribution in [-0.4, -0.2) is 5.91 Å². The van der Waals surface area contributed by atoms with Crippen LogP contribution >= 0.6 is 0 Å². The molecule has 88 valence electrons. The van der Waals surface area contributed by atoms with Gasteiger partial charge in [0, 0.05) is 11.6 Å². The van der Waals surface area contributed by atoms with Gasteiger partial charge in [0.15, 0.2) is 0 Å². The van der Waals surface area contributed by atoms with Crippen molar-refractivity contribution in [1.29, 1.82) is 0 Å². The van der Waals surface area contributed by atoms with Crippen molar-refractivity contribution in [2.75, 3.05) is 11.1 Å². The number of nitrogens with one attached hydrogen (secondary N) is 1. The number of anilines is 2. The molecule has 1 amide bonds. The maximum atomic E-state index is 12.9. The molecule has 0 saturated carbocycles. The van der Waals surface area contributed by atoms with E-state index >= 15 is 0 Å². The molecule has 3 N–H and O–H groups in total. The van der Waals surface area contributed by atoms with Gasteiger partial charge in [-0.1, -0.05) is 20.3 Å². The highest BCUT2D eigenvalue weighted by molar-refractivity contribution is 5.92. The zero-order chi connectivity index (χ0) is 12.1. The highest BCUT2D eigenvalue weighted by atomic mass is 19.1. The van der Waals surface area contributed by atoms with Gasteiger partial charge in [0.2, 0.25) is 5.91 Å². The molecule has 0 fully saturated rings. The van der Waals surface area contributed by atoms with Crippen molar-refractivity contribution < 1.29 is 9.18 Å². The first-order valence-electron chi connectivity index (χ1n) is 5.40. The number of hydrogen-bond donors (Lipinski definition) is 2. The number of halogens is 1. The average Bonchev–Trinajstić information content (AvgIpc) is 2.24. The first kappa shape index (κ1) is 12.5. The van der Waals surface area contributed by atoms with E-state index in [9.17, 15) is 9.18 Å². The second kappa shape index (κ2) is 5.49. The van der Waals surface area contributed by atoms with Crippen LogP contribution in [-0.2, 0) is 4.79 Å². The van der Waals surface area contributed by atoms with Gasteiger partial charge in [0.25, 0.3) is 0 Å². The Balaban J connectivity index is 2.66. The minimum atomic E-state index is -0.473. The molecule has 0 aliphatic heterocycles. The molecule has 1 rings (SSSR count). The minimum Gasteiger partial charge on any atom is -0.396 e. The molecule has 1 aromatic carbocycles. The predicted molar refractivity (Wildman–Crippen MR) is 63.5 cm³/mol. The van der Waals surface area contributed by atoms with Crippen molar-refractivity contribution in [3.63, 3.8) is 0 Å². The van der Waals surface area contributed by atoms with E-state index in [-0.39, 0.29) is 17.5 Å². The van der Waals surface area contributed by atoms with Crippen molar-refractivity contribution in [3.8, 4) is 0 Å². The normalized spacial score (nSPS) is 12.2. The lowest BCUT2D eigenvalue weighted by molar-refractivity contribution is -0.119. The number of hydrogen-bond acceptors (Lipinski definition) is 2. The van der Waals surface area contributed by atoms with Gasteiger partial charge in [-0.05, 0) is 24.6 Å². The van der Waals surface area contributed by atoms with Crippen LogP contribution in [0.2, 0.25) is 0 Å². The highest BCUT2D eigenvalue weighted by Crippen LogP contribution is 2.17. The van der Waals surface area contributed by atoms with E-state index in [2.05, 4.69) is 5.32 Å². The summed E-state index contributed by atoms with van der Waals surface area (Å²) in [5.41, 5.74) is 5.98. The number of rotatable bonds is 4. The maximum Gasteiger partial charge on any atom is 0.227 e. The summed E-state index contributed by atoms with van der Waals surface area (Å²) in [4.78, 5) is 11.7. The summed E-state index contributed by atoms with van der Waals surface area (Å²) in [6.45, 7) is 3.89. The fourth-order valence-corrected chi connectivity index (χ4v) is 1.45. The SMILES string of the molecule is CCC[C@@H](C)C(=O)Nc1ccc(F)c(N)c1. The summed E-state index contributed by atoms with van der Waals surface area (Å²) in [5.74, 6) is -0.580. The fourth-order valence-electron chi connectivity index (χ4n) is 1.45. The molecule has 0 bridgehead atoms. The third-order valence-electron chi connectivity index (χ3n) is 2.43. The third kappa shape index (κ3) is 3.22. The molecule has 1 aromatic rings. The summed E-state index contributed by atoms with van der Waals surface area (Å²) in [6.07, 6.45) is 1.79. The molecule has 0 saturated heterocycles. The molecule has 0 spiro atoms. The van der Waals surface area contributed by atoms with Crippen molar-refractivity contribution in [2.45, 2.75) is 26.7 Å². The van der Waals surface area contributed by atoms with Crippen LogP contribution in [0.1, 0.15) is 26.7 Å². The summed E-state index contributed by atoms with van der Waals surface area (Å²) in [6, 6.07) is 4.17. The monoisotopic (exact) mass is 224 g/mol. The molecule has 0 aromatic heterocycles. The fraction of sp³-hybridized carbons (Fsp3) is 0.417. The molecule has 0 aliphatic carbocycles. The Hall–Kier alpha value is -1.58. The van der Waals surface area contributed by atoms with Gasteiger partial charge in [-0.2, -0.15) is 0 Å². The Morgan fingerprint density at radius 3 is 2.81 bits per heavy atom. The van der Waals surface area contributed by atoms with Gasteiger partial charge in [0.1, 0.15) is 5.82 Å². The lowest BCUT2D eigenvalue weighted by Gasteiger charge is -2.11. The molecule has 3 nitrogen and oxygen atoms in total. The average molecular weight is 224 g/mol.